The lowest BCUT2D eigenvalue weighted by atomic mass is 9.70. The number of hydrogen-bond donors (Lipinski definition) is 0. The molecule has 0 atom stereocenters. The molecule has 0 saturated heterocycles. The number of benzene rings is 8. The molecule has 0 N–H and O–H groups in total. The standard InChI is InChI=1S/C54H33N3/c55-34-35-13-10-16-39(31-35)40-17-11-18-41(32-40)53-56-50(37-14-2-1-3-15-37)33-51(57-53)38-29-27-36(28-30-38)42-22-12-26-49-52(42)45-21-6-9-25-48(45)54(49)46-23-7-4-19-43(46)44-20-5-8-24-47(44)54/h1-33H. The first-order valence-electron chi connectivity index (χ1n) is 19.3. The number of aromatic nitrogens is 2. The van der Waals surface area contributed by atoms with E-state index in [1.165, 1.54) is 50.1 Å². The second-order valence-corrected chi connectivity index (χ2v) is 14.8. The van der Waals surface area contributed by atoms with E-state index in [2.05, 4.69) is 158 Å². The van der Waals surface area contributed by atoms with E-state index in [0.29, 0.717) is 11.4 Å². The predicted molar refractivity (Wildman–Crippen MR) is 230 cm³/mol. The smallest absolute Gasteiger partial charge is 0.160 e. The first-order valence-corrected chi connectivity index (χ1v) is 19.3. The van der Waals surface area contributed by atoms with Crippen LogP contribution in [0.5, 0.6) is 0 Å². The Balaban J connectivity index is 1.04. The first-order chi connectivity index (χ1) is 28.2. The summed E-state index contributed by atoms with van der Waals surface area (Å²) in [4.78, 5) is 10.3. The largest absolute Gasteiger partial charge is 0.228 e. The normalized spacial score (nSPS) is 12.7. The van der Waals surface area contributed by atoms with E-state index in [1.54, 1.807) is 0 Å². The van der Waals surface area contributed by atoms with Crippen LogP contribution in [0, 0.1) is 11.3 Å². The fourth-order valence-corrected chi connectivity index (χ4v) is 9.29. The Morgan fingerprint density at radius 2 is 0.825 bits per heavy atom. The molecule has 264 valence electrons. The van der Waals surface area contributed by atoms with Crippen molar-refractivity contribution >= 4 is 0 Å². The molecule has 57 heavy (non-hydrogen) atoms. The third-order valence-corrected chi connectivity index (χ3v) is 11.8. The number of nitrogens with zero attached hydrogens (tertiary/aromatic N) is 3. The molecule has 0 fully saturated rings. The van der Waals surface area contributed by atoms with Gasteiger partial charge < -0.3 is 0 Å². The Morgan fingerprint density at radius 1 is 0.351 bits per heavy atom. The number of rotatable bonds is 5. The molecule has 1 heterocycles. The molecule has 0 saturated carbocycles. The Labute approximate surface area is 331 Å². The zero-order chi connectivity index (χ0) is 37.9. The highest BCUT2D eigenvalue weighted by Crippen LogP contribution is 2.63. The average molecular weight is 724 g/mol. The van der Waals surface area contributed by atoms with Gasteiger partial charge in [-0.25, -0.2) is 9.97 Å². The monoisotopic (exact) mass is 723 g/mol. The minimum Gasteiger partial charge on any atom is -0.228 e. The highest BCUT2D eigenvalue weighted by molar-refractivity contribution is 6.00. The van der Waals surface area contributed by atoms with Crippen molar-refractivity contribution in [1.29, 1.82) is 5.26 Å². The van der Waals surface area contributed by atoms with E-state index >= 15 is 0 Å². The van der Waals surface area contributed by atoms with Crippen LogP contribution in [-0.2, 0) is 5.41 Å². The highest BCUT2D eigenvalue weighted by atomic mass is 14.9. The van der Waals surface area contributed by atoms with Crippen molar-refractivity contribution in [2.45, 2.75) is 5.41 Å². The van der Waals surface area contributed by atoms with E-state index in [0.717, 1.165) is 44.8 Å². The lowest BCUT2D eigenvalue weighted by molar-refractivity contribution is 0.794. The summed E-state index contributed by atoms with van der Waals surface area (Å²) in [5.41, 5.74) is 19.8. The van der Waals surface area contributed by atoms with Gasteiger partial charge in [0.15, 0.2) is 5.82 Å². The summed E-state index contributed by atoms with van der Waals surface area (Å²) in [6, 6.07) is 73.1. The second-order valence-electron chi connectivity index (χ2n) is 14.8. The molecule has 3 nitrogen and oxygen atoms in total. The third kappa shape index (κ3) is 5.05. The van der Waals surface area contributed by atoms with E-state index in [-0.39, 0.29) is 5.41 Å². The maximum atomic E-state index is 9.52. The Morgan fingerprint density at radius 3 is 1.51 bits per heavy atom. The molecule has 11 rings (SSSR count). The van der Waals surface area contributed by atoms with Gasteiger partial charge in [0, 0.05) is 16.7 Å². The van der Waals surface area contributed by atoms with E-state index in [4.69, 9.17) is 9.97 Å². The predicted octanol–water partition coefficient (Wildman–Crippen LogP) is 13.0. The molecule has 0 radical (unpaired) electrons. The van der Waals surface area contributed by atoms with Crippen molar-refractivity contribution < 1.29 is 0 Å². The Hall–Kier alpha value is -7.67. The van der Waals surface area contributed by atoms with Gasteiger partial charge in [-0.15, -0.1) is 0 Å². The van der Waals surface area contributed by atoms with Gasteiger partial charge in [-0.3, -0.25) is 0 Å². The summed E-state index contributed by atoms with van der Waals surface area (Å²) >= 11 is 0. The molecule has 3 heteroatoms. The molecule has 0 unspecified atom stereocenters. The summed E-state index contributed by atoms with van der Waals surface area (Å²) < 4.78 is 0. The molecule has 2 aliphatic rings. The van der Waals surface area contributed by atoms with Gasteiger partial charge in [-0.1, -0.05) is 176 Å². The van der Waals surface area contributed by atoms with Crippen molar-refractivity contribution in [1.82, 2.24) is 9.97 Å². The van der Waals surface area contributed by atoms with Crippen LogP contribution >= 0.6 is 0 Å². The van der Waals surface area contributed by atoms with Crippen LogP contribution < -0.4 is 0 Å². The van der Waals surface area contributed by atoms with Gasteiger partial charge in [0.2, 0.25) is 0 Å². The van der Waals surface area contributed by atoms with Crippen LogP contribution in [-0.4, -0.2) is 9.97 Å². The van der Waals surface area contributed by atoms with Gasteiger partial charge in [0.1, 0.15) is 0 Å². The van der Waals surface area contributed by atoms with Gasteiger partial charge >= 0.3 is 0 Å². The maximum Gasteiger partial charge on any atom is 0.160 e. The highest BCUT2D eigenvalue weighted by Gasteiger charge is 2.51. The van der Waals surface area contributed by atoms with Gasteiger partial charge in [0.25, 0.3) is 0 Å². The molecule has 9 aromatic rings. The lowest BCUT2D eigenvalue weighted by Gasteiger charge is -2.30. The molecule has 0 bridgehead atoms. The van der Waals surface area contributed by atoms with Crippen molar-refractivity contribution in [3.63, 3.8) is 0 Å². The number of hydrogen-bond acceptors (Lipinski definition) is 3. The van der Waals surface area contributed by atoms with Gasteiger partial charge in [-0.05, 0) is 91.0 Å². The molecule has 0 aliphatic heterocycles. The number of nitriles is 1. The van der Waals surface area contributed by atoms with E-state index in [9.17, 15) is 5.26 Å². The molecular weight excluding hydrogens is 691 g/mol. The topological polar surface area (TPSA) is 49.6 Å². The van der Waals surface area contributed by atoms with Gasteiger partial charge in [0.05, 0.1) is 28.4 Å². The fraction of sp³-hybridized carbons (Fsp3) is 0.0185. The van der Waals surface area contributed by atoms with Crippen molar-refractivity contribution in [2.24, 2.45) is 0 Å². The Bertz CT molecular complexity index is 3040. The first kappa shape index (κ1) is 32.7. The molecule has 1 aromatic heterocycles. The molecular formula is C54H33N3. The van der Waals surface area contributed by atoms with E-state index in [1.807, 2.05) is 48.5 Å². The summed E-state index contributed by atoms with van der Waals surface area (Å²) in [7, 11) is 0. The fourth-order valence-electron chi connectivity index (χ4n) is 9.29. The average Bonchev–Trinajstić information content (AvgIpc) is 3.77. The van der Waals surface area contributed by atoms with Crippen molar-refractivity contribution in [3.05, 3.63) is 228 Å². The third-order valence-electron chi connectivity index (χ3n) is 11.8. The summed E-state index contributed by atoms with van der Waals surface area (Å²) in [5.74, 6) is 0.647. The minimum absolute atomic E-state index is 0.379. The Kier molecular flexibility index (Phi) is 7.45. The van der Waals surface area contributed by atoms with Crippen LogP contribution in [0.1, 0.15) is 27.8 Å². The molecule has 1 spiro atoms. The van der Waals surface area contributed by atoms with Crippen LogP contribution in [0.4, 0.5) is 0 Å². The summed E-state index contributed by atoms with van der Waals surface area (Å²) in [5, 5.41) is 9.52. The van der Waals surface area contributed by atoms with Crippen molar-refractivity contribution in [3.8, 4) is 84.5 Å². The van der Waals surface area contributed by atoms with Crippen LogP contribution in [0.3, 0.4) is 0 Å². The van der Waals surface area contributed by atoms with Crippen LogP contribution in [0.15, 0.2) is 200 Å². The van der Waals surface area contributed by atoms with E-state index < -0.39 is 0 Å². The molecule has 0 amide bonds. The lowest BCUT2D eigenvalue weighted by Crippen LogP contribution is -2.25. The quantitative estimate of drug-likeness (QED) is 0.178. The maximum absolute atomic E-state index is 9.52. The van der Waals surface area contributed by atoms with Crippen molar-refractivity contribution in [2.75, 3.05) is 0 Å². The summed E-state index contributed by atoms with van der Waals surface area (Å²) in [6.07, 6.45) is 0. The minimum atomic E-state index is -0.379. The zero-order valence-corrected chi connectivity index (χ0v) is 30.9. The molecule has 2 aliphatic carbocycles. The SMILES string of the molecule is N#Cc1cccc(-c2cccc(-c3nc(-c4ccccc4)cc(-c4ccc(-c5cccc6c5-c5ccccc5C65c6ccccc6-c6ccccc65)cc4)n3)c2)c1. The van der Waals surface area contributed by atoms with Crippen LogP contribution in [0.2, 0.25) is 0 Å². The second kappa shape index (κ2) is 13.0. The zero-order valence-electron chi connectivity index (χ0n) is 30.9. The summed E-state index contributed by atoms with van der Waals surface area (Å²) in [6.45, 7) is 0. The van der Waals surface area contributed by atoms with Crippen LogP contribution in [0.25, 0.3) is 78.4 Å². The molecule has 8 aromatic carbocycles. The number of fused-ring (bicyclic) bond motifs is 10. The van der Waals surface area contributed by atoms with Gasteiger partial charge in [-0.2, -0.15) is 5.26 Å².